The van der Waals surface area contributed by atoms with Crippen LogP contribution >= 0.6 is 33.2 Å². The van der Waals surface area contributed by atoms with Gasteiger partial charge in [0, 0.05) is 6.61 Å². The highest BCUT2D eigenvalue weighted by atomic mass is 35.8. The van der Waals surface area contributed by atoms with Crippen LogP contribution in [-0.2, 0) is 4.74 Å². The van der Waals surface area contributed by atoms with E-state index in [2.05, 4.69) is 0 Å². The Morgan fingerprint density at radius 1 is 1.40 bits per heavy atom. The number of halogens is 3. The van der Waals surface area contributed by atoms with Gasteiger partial charge in [0.05, 0.1) is 6.61 Å². The van der Waals surface area contributed by atoms with E-state index < -0.39 is 6.00 Å². The van der Waals surface area contributed by atoms with E-state index >= 15 is 0 Å². The van der Waals surface area contributed by atoms with Crippen LogP contribution in [0.2, 0.25) is 0 Å². The van der Waals surface area contributed by atoms with E-state index in [1.54, 1.807) is 11.8 Å². The van der Waals surface area contributed by atoms with E-state index in [0.29, 0.717) is 13.2 Å². The van der Waals surface area contributed by atoms with E-state index in [1.165, 1.54) is 0 Å². The number of rotatable bonds is 4. The Bertz CT molecular complexity index is 110. The third kappa shape index (κ3) is 8.79. The van der Waals surface area contributed by atoms with Gasteiger partial charge in [0.2, 0.25) is 0 Å². The van der Waals surface area contributed by atoms with E-state index in [9.17, 15) is 0 Å². The van der Waals surface area contributed by atoms with Gasteiger partial charge in [0.25, 0.3) is 0 Å². The van der Waals surface area contributed by atoms with Crippen molar-refractivity contribution in [3.8, 4) is 0 Å². The lowest BCUT2D eigenvalue weighted by molar-refractivity contribution is 0.177. The molecule has 0 rings (SSSR count). The van der Waals surface area contributed by atoms with Gasteiger partial charge in [-0.1, -0.05) is 11.8 Å². The minimum atomic E-state index is -2.55. The van der Waals surface area contributed by atoms with E-state index in [0.717, 1.165) is 0 Å². The lowest BCUT2D eigenvalue weighted by Crippen LogP contribution is -2.04. The Morgan fingerprint density at radius 3 is 2.40 bits per heavy atom. The zero-order chi connectivity index (χ0) is 8.04. The van der Waals surface area contributed by atoms with Gasteiger partial charge in [0.1, 0.15) is 0 Å². The van der Waals surface area contributed by atoms with Gasteiger partial charge in [-0.3, -0.25) is 0 Å². The van der Waals surface area contributed by atoms with E-state index in [-0.39, 0.29) is 0 Å². The molecule has 5 heteroatoms. The Labute approximate surface area is 76.0 Å². The molecular formula is C5H9Cl3OSi. The molecule has 0 amide bonds. The molecule has 0 unspecified atom stereocenters. The van der Waals surface area contributed by atoms with Crippen LogP contribution in [0.3, 0.4) is 0 Å². The van der Waals surface area contributed by atoms with Crippen molar-refractivity contribution in [1.82, 2.24) is 0 Å². The summed E-state index contributed by atoms with van der Waals surface area (Å²) in [7, 11) is 0. The molecule has 0 N–H and O–H groups in total. The normalized spacial score (nSPS) is 12.8. The second-order valence-electron chi connectivity index (χ2n) is 1.60. The molecule has 0 aromatic heterocycles. The lowest BCUT2D eigenvalue weighted by atomic mass is 10.7. The van der Waals surface area contributed by atoms with Crippen molar-refractivity contribution in [2.75, 3.05) is 13.2 Å². The Hall–Kier alpha value is 0.787. The fourth-order valence-electron chi connectivity index (χ4n) is 0.368. The maximum absolute atomic E-state index is 5.54. The van der Waals surface area contributed by atoms with Crippen molar-refractivity contribution in [2.24, 2.45) is 0 Å². The van der Waals surface area contributed by atoms with Gasteiger partial charge in [-0.05, 0) is 6.92 Å². The zero-order valence-electron chi connectivity index (χ0n) is 5.61. The molecule has 0 aliphatic rings. The minimum Gasteiger partial charge on any atom is -0.378 e. The lowest BCUT2D eigenvalue weighted by Gasteiger charge is -1.98. The molecular weight excluding hydrogens is 210 g/mol. The molecule has 1 nitrogen and oxygen atoms in total. The summed E-state index contributed by atoms with van der Waals surface area (Å²) in [6.07, 6.45) is 1.74. The van der Waals surface area contributed by atoms with E-state index in [4.69, 9.17) is 38.0 Å². The van der Waals surface area contributed by atoms with Crippen LogP contribution in [-0.4, -0.2) is 19.2 Å². The van der Waals surface area contributed by atoms with Crippen LogP contribution in [0.1, 0.15) is 6.92 Å². The monoisotopic (exact) mass is 218 g/mol. The Morgan fingerprint density at radius 2 is 2.00 bits per heavy atom. The van der Waals surface area contributed by atoms with Crippen molar-refractivity contribution in [2.45, 2.75) is 6.92 Å². The van der Waals surface area contributed by atoms with Gasteiger partial charge < -0.3 is 4.74 Å². The summed E-state index contributed by atoms with van der Waals surface area (Å²) < 4.78 is 4.99. The van der Waals surface area contributed by atoms with Crippen molar-refractivity contribution < 1.29 is 4.74 Å². The van der Waals surface area contributed by atoms with Gasteiger partial charge in [0.15, 0.2) is 0 Å². The second-order valence-corrected chi connectivity index (χ2v) is 10.1. The fraction of sp³-hybridized carbons (Fsp3) is 0.600. The molecule has 0 fully saturated rings. The SMILES string of the molecule is CCOC/C=C/[Si](Cl)(Cl)Cl. The molecule has 0 atom stereocenters. The fourth-order valence-corrected chi connectivity index (χ4v) is 1.53. The third-order valence-electron chi connectivity index (χ3n) is 0.725. The van der Waals surface area contributed by atoms with Crippen LogP contribution in [0.5, 0.6) is 0 Å². The van der Waals surface area contributed by atoms with Crippen LogP contribution in [0.15, 0.2) is 11.8 Å². The molecule has 0 bridgehead atoms. The predicted molar refractivity (Wildman–Crippen MR) is 48.9 cm³/mol. The molecule has 0 aliphatic heterocycles. The Kier molecular flexibility index (Phi) is 5.87. The first-order valence-corrected chi connectivity index (χ1v) is 7.99. The average molecular weight is 220 g/mol. The van der Waals surface area contributed by atoms with Crippen LogP contribution in [0, 0.1) is 0 Å². The van der Waals surface area contributed by atoms with E-state index in [1.807, 2.05) is 6.92 Å². The van der Waals surface area contributed by atoms with Gasteiger partial charge in [-0.25, -0.2) is 0 Å². The summed E-state index contributed by atoms with van der Waals surface area (Å²) >= 11 is 16.6. The highest BCUT2D eigenvalue weighted by Crippen LogP contribution is 2.20. The minimum absolute atomic E-state index is 0.525. The summed E-state index contributed by atoms with van der Waals surface area (Å²) in [5.74, 6) is 0. The maximum atomic E-state index is 5.54. The number of hydrogen-bond acceptors (Lipinski definition) is 1. The molecule has 0 aromatic rings. The smallest absolute Gasteiger partial charge is 0.365 e. The number of hydrogen-bond donors (Lipinski definition) is 0. The molecule has 0 aliphatic carbocycles. The molecule has 0 radical (unpaired) electrons. The summed E-state index contributed by atoms with van der Waals surface area (Å²) in [5.41, 5.74) is 1.60. The number of ether oxygens (including phenoxy) is 1. The van der Waals surface area contributed by atoms with Crippen LogP contribution in [0.4, 0.5) is 0 Å². The highest BCUT2D eigenvalue weighted by molar-refractivity contribution is 7.66. The molecule has 10 heavy (non-hydrogen) atoms. The molecule has 0 saturated heterocycles. The summed E-state index contributed by atoms with van der Waals surface area (Å²) in [4.78, 5) is 0. The average Bonchev–Trinajstić information content (AvgIpc) is 1.78. The summed E-state index contributed by atoms with van der Waals surface area (Å²) in [6, 6.07) is -2.55. The third-order valence-corrected chi connectivity index (χ3v) is 2.47. The molecule has 0 spiro atoms. The molecule has 0 heterocycles. The van der Waals surface area contributed by atoms with Crippen molar-refractivity contribution in [3.63, 3.8) is 0 Å². The van der Waals surface area contributed by atoms with Gasteiger partial charge in [-0.2, -0.15) is 0 Å². The van der Waals surface area contributed by atoms with Crippen molar-refractivity contribution >= 4 is 39.2 Å². The largest absolute Gasteiger partial charge is 0.378 e. The quantitative estimate of drug-likeness (QED) is 0.401. The molecule has 0 aromatic carbocycles. The topological polar surface area (TPSA) is 9.23 Å². The first kappa shape index (κ1) is 10.8. The van der Waals surface area contributed by atoms with Crippen LogP contribution < -0.4 is 0 Å². The first-order valence-electron chi connectivity index (χ1n) is 2.88. The maximum Gasteiger partial charge on any atom is 0.365 e. The first-order chi connectivity index (χ1) is 4.56. The van der Waals surface area contributed by atoms with Gasteiger partial charge >= 0.3 is 6.00 Å². The van der Waals surface area contributed by atoms with Crippen LogP contribution in [0.25, 0.3) is 0 Å². The van der Waals surface area contributed by atoms with Crippen molar-refractivity contribution in [1.29, 1.82) is 0 Å². The molecule has 60 valence electrons. The zero-order valence-corrected chi connectivity index (χ0v) is 8.88. The standard InChI is InChI=1S/C5H9Cl3OSi/c1-2-9-4-3-5-10(6,7)8/h3,5H,2,4H2,1H3/b5-3+. The molecule has 0 saturated carbocycles. The Balaban J connectivity index is 3.37. The summed E-state index contributed by atoms with van der Waals surface area (Å²) in [6.45, 7) is 3.13. The predicted octanol–water partition coefficient (Wildman–Crippen LogP) is 2.77. The van der Waals surface area contributed by atoms with Gasteiger partial charge in [-0.15, -0.1) is 33.2 Å². The van der Waals surface area contributed by atoms with Crippen molar-refractivity contribution in [3.05, 3.63) is 11.8 Å². The second kappa shape index (κ2) is 5.44. The summed E-state index contributed by atoms with van der Waals surface area (Å²) in [5, 5.41) is 0. The highest BCUT2D eigenvalue weighted by Gasteiger charge is 2.19.